The average molecular weight is 445 g/mol. The van der Waals surface area contributed by atoms with Gasteiger partial charge in [-0.05, 0) is 66.8 Å². The van der Waals surface area contributed by atoms with Crippen LogP contribution in [-0.2, 0) is 23.8 Å². The van der Waals surface area contributed by atoms with E-state index in [4.69, 9.17) is 14.3 Å². The molecule has 0 amide bonds. The molecule has 2 aromatic rings. The molecule has 7 heteroatoms. The van der Waals surface area contributed by atoms with Gasteiger partial charge in [-0.15, -0.1) is 0 Å². The molecule has 4 N–H and O–H groups in total. The first-order chi connectivity index (χ1) is 15.0. The monoisotopic (exact) mass is 445 g/mol. The second-order valence-electron chi connectivity index (χ2n) is 8.58. The van der Waals surface area contributed by atoms with Crippen molar-refractivity contribution in [2.24, 2.45) is 0 Å². The molecule has 6 nitrogen and oxygen atoms in total. The molecule has 0 saturated carbocycles. The van der Waals surface area contributed by atoms with Crippen LogP contribution in [0.15, 0.2) is 42.5 Å². The fraction of sp³-hybridized carbons (Fsp3) is 0.500. The maximum absolute atomic E-state index is 10.8. The molecule has 168 valence electrons. The van der Waals surface area contributed by atoms with Crippen molar-refractivity contribution in [3.63, 3.8) is 0 Å². The molecule has 0 aromatic heterocycles. The highest BCUT2D eigenvalue weighted by Gasteiger charge is 2.35. The standard InChI is InChI=1S/C24H32NO5P/c26-23-10-2-1-7-19-20(23)8-4-9-21(19)25-13-11-24(27)22(25)16-18-6-3-5-17(15-18)12-14-30-31(28)29/h3-6,8-9,15,22-24,26-29H,1-2,7,10-14,16H2. The number of rotatable bonds is 7. The molecule has 0 radical (unpaired) electrons. The van der Waals surface area contributed by atoms with Crippen LogP contribution in [0.5, 0.6) is 0 Å². The minimum Gasteiger partial charge on any atom is -0.391 e. The summed E-state index contributed by atoms with van der Waals surface area (Å²) in [5.41, 5.74) is 5.66. The Morgan fingerprint density at radius 2 is 1.81 bits per heavy atom. The number of fused-ring (bicyclic) bond motifs is 1. The topological polar surface area (TPSA) is 93.4 Å². The first kappa shape index (κ1) is 22.7. The van der Waals surface area contributed by atoms with Gasteiger partial charge in [-0.1, -0.05) is 42.8 Å². The number of nitrogens with zero attached hydrogens (tertiary/aromatic N) is 1. The summed E-state index contributed by atoms with van der Waals surface area (Å²) in [5, 5.41) is 21.4. The second kappa shape index (κ2) is 10.4. The molecule has 2 aromatic carbocycles. The number of aliphatic hydroxyl groups excluding tert-OH is 2. The van der Waals surface area contributed by atoms with Gasteiger partial charge in [0.25, 0.3) is 0 Å². The van der Waals surface area contributed by atoms with E-state index < -0.39 is 20.8 Å². The summed E-state index contributed by atoms with van der Waals surface area (Å²) < 4.78 is 4.89. The van der Waals surface area contributed by atoms with E-state index in [0.717, 1.165) is 67.4 Å². The highest BCUT2D eigenvalue weighted by Crippen LogP contribution is 2.38. The van der Waals surface area contributed by atoms with E-state index in [1.54, 1.807) is 0 Å². The van der Waals surface area contributed by atoms with Gasteiger partial charge in [0.2, 0.25) is 0 Å². The number of aliphatic hydroxyl groups is 2. The lowest BCUT2D eigenvalue weighted by Crippen LogP contribution is -2.37. The van der Waals surface area contributed by atoms with Crippen molar-refractivity contribution in [2.45, 2.75) is 63.2 Å². The van der Waals surface area contributed by atoms with Crippen LogP contribution in [-0.4, -0.2) is 45.3 Å². The van der Waals surface area contributed by atoms with E-state index in [0.29, 0.717) is 6.42 Å². The zero-order chi connectivity index (χ0) is 21.8. The third-order valence-corrected chi connectivity index (χ3v) is 6.97. The van der Waals surface area contributed by atoms with Crippen molar-refractivity contribution in [3.8, 4) is 0 Å². The zero-order valence-corrected chi connectivity index (χ0v) is 18.6. The Kier molecular flexibility index (Phi) is 7.59. The predicted molar refractivity (Wildman–Crippen MR) is 122 cm³/mol. The molecule has 2 aliphatic rings. The summed E-state index contributed by atoms with van der Waals surface area (Å²) in [6.07, 6.45) is 5.17. The normalized spacial score (nSPS) is 23.8. The minimum atomic E-state index is -2.32. The third kappa shape index (κ3) is 5.46. The summed E-state index contributed by atoms with van der Waals surface area (Å²) in [6, 6.07) is 14.4. The van der Waals surface area contributed by atoms with Crippen molar-refractivity contribution >= 4 is 14.3 Å². The molecule has 0 bridgehead atoms. The van der Waals surface area contributed by atoms with Crippen LogP contribution in [0.2, 0.25) is 0 Å². The highest BCUT2D eigenvalue weighted by molar-refractivity contribution is 7.39. The Hall–Kier alpha value is -1.53. The van der Waals surface area contributed by atoms with E-state index in [1.807, 2.05) is 24.3 Å². The molecule has 31 heavy (non-hydrogen) atoms. The van der Waals surface area contributed by atoms with Crippen molar-refractivity contribution in [1.29, 1.82) is 0 Å². The molecule has 0 spiro atoms. The van der Waals surface area contributed by atoms with Gasteiger partial charge < -0.3 is 29.4 Å². The highest BCUT2D eigenvalue weighted by atomic mass is 31.2. The van der Waals surface area contributed by atoms with Crippen LogP contribution in [0.3, 0.4) is 0 Å². The Morgan fingerprint density at radius 1 is 1.00 bits per heavy atom. The van der Waals surface area contributed by atoms with Crippen LogP contribution in [0.25, 0.3) is 0 Å². The molecule has 4 rings (SSSR count). The molecule has 1 fully saturated rings. The number of benzene rings is 2. The fourth-order valence-electron chi connectivity index (χ4n) is 5.02. The van der Waals surface area contributed by atoms with Gasteiger partial charge in [0.15, 0.2) is 0 Å². The molecule has 3 atom stereocenters. The number of hydrogen-bond acceptors (Lipinski definition) is 6. The van der Waals surface area contributed by atoms with E-state index in [1.165, 1.54) is 5.56 Å². The lowest BCUT2D eigenvalue weighted by atomic mass is 9.96. The maximum atomic E-state index is 10.8. The van der Waals surface area contributed by atoms with E-state index in [9.17, 15) is 10.2 Å². The minimum absolute atomic E-state index is 0.0129. The van der Waals surface area contributed by atoms with Crippen LogP contribution >= 0.6 is 8.60 Å². The zero-order valence-electron chi connectivity index (χ0n) is 17.7. The van der Waals surface area contributed by atoms with Gasteiger partial charge in [0.05, 0.1) is 24.9 Å². The van der Waals surface area contributed by atoms with Gasteiger partial charge in [0, 0.05) is 12.2 Å². The SMILES string of the molecule is OC1CCCCc2c1cccc2N1CCC(O)C1Cc1cccc(CCOP(O)O)c1. The average Bonchev–Trinajstić information content (AvgIpc) is 2.99. The predicted octanol–water partition coefficient (Wildman–Crippen LogP) is 3.40. The molecule has 1 saturated heterocycles. The van der Waals surface area contributed by atoms with Crippen molar-refractivity contribution in [1.82, 2.24) is 0 Å². The summed E-state index contributed by atoms with van der Waals surface area (Å²) in [5.74, 6) is 0. The largest absolute Gasteiger partial charge is 0.391 e. The molecule has 1 aliphatic carbocycles. The Morgan fingerprint density at radius 3 is 2.65 bits per heavy atom. The van der Waals surface area contributed by atoms with Crippen LogP contribution in [0.4, 0.5) is 5.69 Å². The molecular weight excluding hydrogens is 413 g/mol. The van der Waals surface area contributed by atoms with Crippen LogP contribution < -0.4 is 4.90 Å². The Bertz CT molecular complexity index is 877. The number of hydrogen-bond donors (Lipinski definition) is 4. The van der Waals surface area contributed by atoms with Crippen molar-refractivity contribution in [3.05, 3.63) is 64.7 Å². The molecule has 1 heterocycles. The van der Waals surface area contributed by atoms with Gasteiger partial charge in [-0.2, -0.15) is 0 Å². The van der Waals surface area contributed by atoms with Gasteiger partial charge >= 0.3 is 8.60 Å². The lowest BCUT2D eigenvalue weighted by molar-refractivity contribution is 0.164. The van der Waals surface area contributed by atoms with Crippen LogP contribution in [0.1, 0.15) is 54.0 Å². The first-order valence-corrected chi connectivity index (χ1v) is 12.3. The third-order valence-electron chi connectivity index (χ3n) is 6.55. The fourth-order valence-corrected chi connectivity index (χ4v) is 5.28. The van der Waals surface area contributed by atoms with E-state index >= 15 is 0 Å². The quantitative estimate of drug-likeness (QED) is 0.386. The maximum Gasteiger partial charge on any atom is 0.327 e. The van der Waals surface area contributed by atoms with Gasteiger partial charge in [-0.25, -0.2) is 0 Å². The van der Waals surface area contributed by atoms with Crippen molar-refractivity contribution < 1.29 is 24.5 Å². The lowest BCUT2D eigenvalue weighted by Gasteiger charge is -2.31. The smallest absolute Gasteiger partial charge is 0.327 e. The van der Waals surface area contributed by atoms with Gasteiger partial charge in [0.1, 0.15) is 0 Å². The van der Waals surface area contributed by atoms with E-state index in [2.05, 4.69) is 23.1 Å². The Labute approximate surface area is 185 Å². The van der Waals surface area contributed by atoms with E-state index in [-0.39, 0.29) is 12.6 Å². The molecule has 1 aliphatic heterocycles. The second-order valence-corrected chi connectivity index (χ2v) is 9.35. The number of anilines is 1. The van der Waals surface area contributed by atoms with Crippen molar-refractivity contribution in [2.75, 3.05) is 18.1 Å². The first-order valence-electron chi connectivity index (χ1n) is 11.2. The summed E-state index contributed by atoms with van der Waals surface area (Å²) >= 11 is 0. The molecular formula is C24H32NO5P. The summed E-state index contributed by atoms with van der Waals surface area (Å²) in [7, 11) is -2.32. The summed E-state index contributed by atoms with van der Waals surface area (Å²) in [4.78, 5) is 20.2. The van der Waals surface area contributed by atoms with Gasteiger partial charge in [-0.3, -0.25) is 0 Å². The Balaban J connectivity index is 1.54. The van der Waals surface area contributed by atoms with Crippen LogP contribution in [0, 0.1) is 0 Å². The summed E-state index contributed by atoms with van der Waals surface area (Å²) in [6.45, 7) is 1.07. The molecule has 3 unspecified atom stereocenters.